The van der Waals surface area contributed by atoms with Crippen LogP contribution in [-0.2, 0) is 9.59 Å². The quantitative estimate of drug-likeness (QED) is 0.455. The van der Waals surface area contributed by atoms with Crippen LogP contribution in [0.15, 0.2) is 49.1 Å². The third kappa shape index (κ3) is 5.90. The lowest BCUT2D eigenvalue weighted by atomic mass is 9.84. The van der Waals surface area contributed by atoms with E-state index in [-0.39, 0.29) is 30.4 Å². The van der Waals surface area contributed by atoms with E-state index in [2.05, 4.69) is 10.3 Å². The highest BCUT2D eigenvalue weighted by Crippen LogP contribution is 2.32. The molecule has 3 aromatic rings. The van der Waals surface area contributed by atoms with E-state index < -0.39 is 41.8 Å². The molecular formula is C25H24ClF4N5O3. The zero-order valence-corrected chi connectivity index (χ0v) is 20.9. The third-order valence-electron chi connectivity index (χ3n) is 6.51. The van der Waals surface area contributed by atoms with E-state index in [4.69, 9.17) is 11.6 Å². The molecule has 1 saturated heterocycles. The number of fused-ring (bicyclic) bond motifs is 1. The van der Waals surface area contributed by atoms with Gasteiger partial charge in [-0.05, 0) is 48.7 Å². The monoisotopic (exact) mass is 553 g/mol. The first-order valence-electron chi connectivity index (χ1n) is 11.8. The molecule has 2 N–H and O–H groups in total. The minimum Gasteiger partial charge on any atom is -0.349 e. The van der Waals surface area contributed by atoms with Crippen molar-refractivity contribution >= 4 is 34.8 Å². The largest absolute Gasteiger partial charge is 0.471 e. The van der Waals surface area contributed by atoms with Crippen molar-refractivity contribution in [2.45, 2.75) is 43.9 Å². The smallest absolute Gasteiger partial charge is 0.349 e. The first-order chi connectivity index (χ1) is 18.0. The highest BCUT2D eigenvalue weighted by molar-refractivity contribution is 6.30. The van der Waals surface area contributed by atoms with Gasteiger partial charge in [0, 0.05) is 30.2 Å². The lowest BCUT2D eigenvalue weighted by Gasteiger charge is -2.40. The molecule has 0 aliphatic carbocycles. The number of carbonyl (C=O) groups excluding carboxylic acids is 3. The van der Waals surface area contributed by atoms with Gasteiger partial charge in [-0.25, -0.2) is 9.37 Å². The van der Waals surface area contributed by atoms with Crippen molar-refractivity contribution in [2.24, 2.45) is 0 Å². The predicted molar refractivity (Wildman–Crippen MR) is 130 cm³/mol. The number of benzene rings is 1. The van der Waals surface area contributed by atoms with E-state index in [1.165, 1.54) is 17.9 Å². The van der Waals surface area contributed by atoms with Crippen LogP contribution in [0.1, 0.15) is 41.6 Å². The van der Waals surface area contributed by atoms with Crippen LogP contribution in [0.3, 0.4) is 0 Å². The molecule has 0 unspecified atom stereocenters. The first-order valence-corrected chi connectivity index (χ1v) is 12.2. The number of imidazole rings is 1. The molecule has 3 atom stereocenters. The Morgan fingerprint density at radius 1 is 1.24 bits per heavy atom. The fourth-order valence-corrected chi connectivity index (χ4v) is 4.88. The number of rotatable bonds is 6. The van der Waals surface area contributed by atoms with Crippen LogP contribution >= 0.6 is 11.6 Å². The SMILES string of the molecule is CC[C@H](NC(=O)C(F)(F)F)C(=O)N[C@@H]1CN(C(=O)c2cccn3cncc23)CC[C@H]1c1cc(F)cc(Cl)c1. The molecule has 1 aromatic carbocycles. The number of pyridine rings is 1. The molecule has 202 valence electrons. The zero-order chi connectivity index (χ0) is 27.6. The number of likely N-dealkylation sites (tertiary alicyclic amines) is 1. The van der Waals surface area contributed by atoms with Crippen LogP contribution in [0.5, 0.6) is 0 Å². The number of carbonyl (C=O) groups is 3. The first kappa shape index (κ1) is 27.4. The van der Waals surface area contributed by atoms with Gasteiger partial charge in [-0.1, -0.05) is 18.5 Å². The molecule has 38 heavy (non-hydrogen) atoms. The minimum absolute atomic E-state index is 0.0117. The summed E-state index contributed by atoms with van der Waals surface area (Å²) in [6, 6.07) is 5.00. The second-order valence-corrected chi connectivity index (χ2v) is 9.44. The maximum atomic E-state index is 14.2. The lowest BCUT2D eigenvalue weighted by molar-refractivity contribution is -0.174. The van der Waals surface area contributed by atoms with Crippen molar-refractivity contribution in [3.05, 3.63) is 71.0 Å². The van der Waals surface area contributed by atoms with Gasteiger partial charge in [0.2, 0.25) is 5.91 Å². The second-order valence-electron chi connectivity index (χ2n) is 9.00. The van der Waals surface area contributed by atoms with Crippen LogP contribution in [0, 0.1) is 5.82 Å². The Morgan fingerprint density at radius 3 is 2.68 bits per heavy atom. The highest BCUT2D eigenvalue weighted by atomic mass is 35.5. The van der Waals surface area contributed by atoms with Crippen LogP contribution in [-0.4, -0.2) is 63.4 Å². The standard InChI is InChI=1S/C25H24ClF4N5O3/c1-2-19(33-24(38)25(28,29)30)22(36)32-20-12-34(7-5-17(20)14-8-15(26)10-16(27)9-14)23(37)18-4-3-6-35-13-31-11-21(18)35/h3-4,6,8-11,13,17,19-20H,2,5,7,12H2,1H3,(H,32,36)(H,33,38)/t17-,19-,20+/m0/s1. The van der Waals surface area contributed by atoms with E-state index in [1.807, 2.05) is 0 Å². The Kier molecular flexibility index (Phi) is 7.91. The summed E-state index contributed by atoms with van der Waals surface area (Å²) in [5.74, 6) is -4.51. The fraction of sp³-hybridized carbons (Fsp3) is 0.360. The molecule has 13 heteroatoms. The molecule has 3 amide bonds. The lowest BCUT2D eigenvalue weighted by Crippen LogP contribution is -2.57. The van der Waals surface area contributed by atoms with E-state index >= 15 is 0 Å². The van der Waals surface area contributed by atoms with E-state index in [0.29, 0.717) is 23.1 Å². The normalized spacial score (nSPS) is 18.7. The van der Waals surface area contributed by atoms with Crippen LogP contribution < -0.4 is 10.6 Å². The Balaban J connectivity index is 1.60. The molecule has 0 spiro atoms. The maximum Gasteiger partial charge on any atom is 0.471 e. The van der Waals surface area contributed by atoms with E-state index in [9.17, 15) is 31.9 Å². The zero-order valence-electron chi connectivity index (χ0n) is 20.1. The molecule has 2 aromatic heterocycles. The summed E-state index contributed by atoms with van der Waals surface area (Å²) in [6.07, 6.45) is -0.120. The number of alkyl halides is 3. The third-order valence-corrected chi connectivity index (χ3v) is 6.73. The van der Waals surface area contributed by atoms with Gasteiger partial charge >= 0.3 is 12.1 Å². The molecule has 8 nitrogen and oxygen atoms in total. The van der Waals surface area contributed by atoms with Crippen LogP contribution in [0.25, 0.3) is 5.52 Å². The summed E-state index contributed by atoms with van der Waals surface area (Å²) in [6.45, 7) is 1.71. The van der Waals surface area contributed by atoms with Crippen molar-refractivity contribution < 1.29 is 31.9 Å². The second kappa shape index (κ2) is 11.0. The molecule has 0 saturated carbocycles. The fourth-order valence-electron chi connectivity index (χ4n) is 4.65. The number of halogens is 5. The van der Waals surface area contributed by atoms with E-state index in [1.54, 1.807) is 46.6 Å². The molecule has 4 rings (SSSR count). The van der Waals surface area contributed by atoms with Gasteiger partial charge in [0.05, 0.1) is 29.6 Å². The number of hydrogen-bond acceptors (Lipinski definition) is 4. The van der Waals surface area contributed by atoms with Crippen molar-refractivity contribution in [3.63, 3.8) is 0 Å². The number of hydrogen-bond donors (Lipinski definition) is 2. The minimum atomic E-state index is -5.16. The number of piperidine rings is 1. The number of nitrogens with zero attached hydrogens (tertiary/aromatic N) is 3. The summed E-state index contributed by atoms with van der Waals surface area (Å²) in [4.78, 5) is 43.5. The van der Waals surface area contributed by atoms with Gasteiger partial charge in [0.15, 0.2) is 0 Å². The van der Waals surface area contributed by atoms with Crippen molar-refractivity contribution in [2.75, 3.05) is 13.1 Å². The number of amides is 3. The number of nitrogens with one attached hydrogen (secondary N) is 2. The molecule has 3 heterocycles. The molecular weight excluding hydrogens is 530 g/mol. The molecule has 0 bridgehead atoms. The van der Waals surface area contributed by atoms with Gasteiger partial charge in [-0.2, -0.15) is 13.2 Å². The molecule has 0 radical (unpaired) electrons. The van der Waals surface area contributed by atoms with Crippen molar-refractivity contribution in [3.8, 4) is 0 Å². The average molecular weight is 554 g/mol. The Labute approximate surface area is 220 Å². The van der Waals surface area contributed by atoms with Crippen molar-refractivity contribution in [1.82, 2.24) is 24.9 Å². The summed E-state index contributed by atoms with van der Waals surface area (Å²) in [7, 11) is 0. The summed E-state index contributed by atoms with van der Waals surface area (Å²) < 4.78 is 54.2. The number of aromatic nitrogens is 2. The van der Waals surface area contributed by atoms with Gasteiger partial charge in [0.25, 0.3) is 5.91 Å². The van der Waals surface area contributed by atoms with Crippen LogP contribution in [0.2, 0.25) is 5.02 Å². The van der Waals surface area contributed by atoms with Gasteiger partial charge < -0.3 is 19.9 Å². The van der Waals surface area contributed by atoms with Crippen molar-refractivity contribution in [1.29, 1.82) is 0 Å². The Hall–Kier alpha value is -3.67. The van der Waals surface area contributed by atoms with Gasteiger partial charge in [-0.3, -0.25) is 14.4 Å². The Bertz CT molecular complexity index is 1340. The van der Waals surface area contributed by atoms with Gasteiger partial charge in [-0.15, -0.1) is 0 Å². The average Bonchev–Trinajstić information content (AvgIpc) is 3.34. The molecule has 1 fully saturated rings. The summed E-state index contributed by atoms with van der Waals surface area (Å²) in [5, 5.41) is 4.52. The predicted octanol–water partition coefficient (Wildman–Crippen LogP) is 3.70. The Morgan fingerprint density at radius 2 is 2.00 bits per heavy atom. The van der Waals surface area contributed by atoms with Gasteiger partial charge in [0.1, 0.15) is 11.9 Å². The summed E-state index contributed by atoms with van der Waals surface area (Å²) >= 11 is 6.05. The van der Waals surface area contributed by atoms with E-state index in [0.717, 1.165) is 6.07 Å². The molecule has 1 aliphatic heterocycles. The highest BCUT2D eigenvalue weighted by Gasteiger charge is 2.41. The maximum absolute atomic E-state index is 14.2. The molecule has 1 aliphatic rings. The summed E-state index contributed by atoms with van der Waals surface area (Å²) in [5.41, 5.74) is 1.43. The topological polar surface area (TPSA) is 95.8 Å². The van der Waals surface area contributed by atoms with Crippen LogP contribution in [0.4, 0.5) is 17.6 Å².